The summed E-state index contributed by atoms with van der Waals surface area (Å²) >= 11 is 0. The molecular formula is C27H50O2. The van der Waals surface area contributed by atoms with E-state index in [0.717, 1.165) is 57.3 Å². The van der Waals surface area contributed by atoms with Gasteiger partial charge in [-0.1, -0.05) is 70.3 Å². The molecule has 0 aromatic heterocycles. The number of aliphatic hydroxyl groups excluding tert-OH is 1. The molecular weight excluding hydrogens is 356 g/mol. The second-order valence-corrected chi connectivity index (χ2v) is 10.4. The molecule has 5 atom stereocenters. The van der Waals surface area contributed by atoms with E-state index in [1.54, 1.807) is 0 Å². The molecule has 1 aliphatic carbocycles. The van der Waals surface area contributed by atoms with E-state index < -0.39 is 5.60 Å². The van der Waals surface area contributed by atoms with Gasteiger partial charge in [-0.3, -0.25) is 0 Å². The number of allylic oxidation sites excluding steroid dienone is 3. The summed E-state index contributed by atoms with van der Waals surface area (Å²) in [4.78, 5) is 0. The average molecular weight is 407 g/mol. The molecule has 2 heteroatoms. The topological polar surface area (TPSA) is 40.5 Å². The molecule has 1 aliphatic rings. The molecule has 0 aromatic rings. The summed E-state index contributed by atoms with van der Waals surface area (Å²) < 4.78 is 0. The van der Waals surface area contributed by atoms with Gasteiger partial charge in [0.1, 0.15) is 0 Å². The zero-order chi connectivity index (χ0) is 21.9. The first-order valence-corrected chi connectivity index (χ1v) is 12.4. The summed E-state index contributed by atoms with van der Waals surface area (Å²) in [5.41, 5.74) is 2.45. The molecule has 170 valence electrons. The van der Waals surface area contributed by atoms with E-state index >= 15 is 0 Å². The fourth-order valence-electron chi connectivity index (χ4n) is 4.50. The SMILES string of the molecule is CCCCCC(C)(O)CCC/C(C)=C/CCC(C)CCC1=CC(O)C(C)C(C)C1. The quantitative estimate of drug-likeness (QED) is 0.230. The molecule has 0 aromatic carbocycles. The molecule has 0 amide bonds. The minimum Gasteiger partial charge on any atom is -0.390 e. The fourth-order valence-corrected chi connectivity index (χ4v) is 4.50. The van der Waals surface area contributed by atoms with Crippen LogP contribution in [0.3, 0.4) is 0 Å². The molecule has 2 nitrogen and oxygen atoms in total. The molecule has 0 aliphatic heterocycles. The normalized spacial score (nSPS) is 26.1. The Bertz CT molecular complexity index is 503. The number of hydrogen-bond acceptors (Lipinski definition) is 2. The summed E-state index contributed by atoms with van der Waals surface area (Å²) in [5.74, 6) is 1.72. The van der Waals surface area contributed by atoms with Gasteiger partial charge in [0.2, 0.25) is 0 Å². The maximum absolute atomic E-state index is 10.5. The van der Waals surface area contributed by atoms with Gasteiger partial charge in [-0.25, -0.2) is 0 Å². The molecule has 0 spiro atoms. The van der Waals surface area contributed by atoms with E-state index in [1.807, 2.05) is 6.92 Å². The number of hydrogen-bond donors (Lipinski definition) is 2. The monoisotopic (exact) mass is 406 g/mol. The van der Waals surface area contributed by atoms with E-state index in [-0.39, 0.29) is 6.10 Å². The van der Waals surface area contributed by atoms with Crippen LogP contribution in [0.1, 0.15) is 119 Å². The Kier molecular flexibility index (Phi) is 12.4. The van der Waals surface area contributed by atoms with Crippen molar-refractivity contribution in [2.75, 3.05) is 0 Å². The third-order valence-electron chi connectivity index (χ3n) is 7.14. The lowest BCUT2D eigenvalue weighted by Gasteiger charge is -2.30. The van der Waals surface area contributed by atoms with Crippen molar-refractivity contribution in [3.8, 4) is 0 Å². The molecule has 0 saturated heterocycles. The third-order valence-corrected chi connectivity index (χ3v) is 7.14. The summed E-state index contributed by atoms with van der Waals surface area (Å²) in [6, 6.07) is 0. The second kappa shape index (κ2) is 13.7. The first-order valence-electron chi connectivity index (χ1n) is 12.4. The van der Waals surface area contributed by atoms with Crippen LogP contribution < -0.4 is 0 Å². The zero-order valence-corrected chi connectivity index (χ0v) is 20.3. The van der Waals surface area contributed by atoms with E-state index in [2.05, 4.69) is 46.8 Å². The highest BCUT2D eigenvalue weighted by Gasteiger charge is 2.25. The third kappa shape index (κ3) is 11.4. The Morgan fingerprint density at radius 2 is 1.90 bits per heavy atom. The highest BCUT2D eigenvalue weighted by atomic mass is 16.3. The van der Waals surface area contributed by atoms with Crippen LogP contribution in [-0.4, -0.2) is 21.9 Å². The van der Waals surface area contributed by atoms with Gasteiger partial charge in [0, 0.05) is 0 Å². The summed E-state index contributed by atoms with van der Waals surface area (Å²) in [6.07, 6.45) is 17.9. The lowest BCUT2D eigenvalue weighted by Crippen LogP contribution is -2.27. The molecule has 0 heterocycles. The molecule has 0 fully saturated rings. The van der Waals surface area contributed by atoms with Gasteiger partial charge in [0.05, 0.1) is 11.7 Å². The van der Waals surface area contributed by atoms with E-state index in [1.165, 1.54) is 36.8 Å². The molecule has 5 unspecified atom stereocenters. The van der Waals surface area contributed by atoms with Gasteiger partial charge in [0.25, 0.3) is 0 Å². The zero-order valence-electron chi connectivity index (χ0n) is 20.3. The van der Waals surface area contributed by atoms with Crippen LogP contribution in [0.25, 0.3) is 0 Å². The summed E-state index contributed by atoms with van der Waals surface area (Å²) in [6.45, 7) is 13.2. The van der Waals surface area contributed by atoms with Crippen LogP contribution in [0.15, 0.2) is 23.3 Å². The van der Waals surface area contributed by atoms with E-state index in [9.17, 15) is 10.2 Å². The molecule has 2 N–H and O–H groups in total. The van der Waals surface area contributed by atoms with Gasteiger partial charge in [-0.2, -0.15) is 0 Å². The van der Waals surface area contributed by atoms with Gasteiger partial charge in [-0.15, -0.1) is 0 Å². The van der Waals surface area contributed by atoms with Crippen molar-refractivity contribution in [2.45, 2.75) is 130 Å². The van der Waals surface area contributed by atoms with Crippen molar-refractivity contribution in [1.82, 2.24) is 0 Å². The maximum atomic E-state index is 10.5. The minimum atomic E-state index is -0.485. The molecule has 0 saturated carbocycles. The van der Waals surface area contributed by atoms with Crippen molar-refractivity contribution < 1.29 is 10.2 Å². The van der Waals surface area contributed by atoms with Gasteiger partial charge in [0.15, 0.2) is 0 Å². The summed E-state index contributed by atoms with van der Waals surface area (Å²) in [5, 5.41) is 20.6. The van der Waals surface area contributed by atoms with Gasteiger partial charge in [-0.05, 0) is 89.4 Å². The maximum Gasteiger partial charge on any atom is 0.0751 e. The fraction of sp³-hybridized carbons (Fsp3) is 0.852. The lowest BCUT2D eigenvalue weighted by molar-refractivity contribution is 0.0375. The molecule has 1 rings (SSSR count). The number of aliphatic hydroxyl groups is 2. The smallest absolute Gasteiger partial charge is 0.0751 e. The highest BCUT2D eigenvalue weighted by Crippen LogP contribution is 2.32. The predicted molar refractivity (Wildman–Crippen MR) is 127 cm³/mol. The van der Waals surface area contributed by atoms with Crippen LogP contribution >= 0.6 is 0 Å². The Morgan fingerprint density at radius 1 is 1.21 bits per heavy atom. The van der Waals surface area contributed by atoms with Crippen molar-refractivity contribution >= 4 is 0 Å². The van der Waals surface area contributed by atoms with Crippen LogP contribution in [-0.2, 0) is 0 Å². The van der Waals surface area contributed by atoms with Crippen molar-refractivity contribution in [2.24, 2.45) is 17.8 Å². The van der Waals surface area contributed by atoms with Crippen LogP contribution in [0.4, 0.5) is 0 Å². The van der Waals surface area contributed by atoms with Gasteiger partial charge >= 0.3 is 0 Å². The first-order chi connectivity index (χ1) is 13.6. The van der Waals surface area contributed by atoms with Crippen LogP contribution in [0.5, 0.6) is 0 Å². The minimum absolute atomic E-state index is 0.248. The Labute approximate surface area is 181 Å². The predicted octanol–water partition coefficient (Wildman–Crippen LogP) is 7.59. The molecule has 0 bridgehead atoms. The van der Waals surface area contributed by atoms with E-state index in [0.29, 0.717) is 11.8 Å². The Balaban J connectivity index is 2.21. The van der Waals surface area contributed by atoms with Crippen molar-refractivity contribution in [1.29, 1.82) is 0 Å². The summed E-state index contributed by atoms with van der Waals surface area (Å²) in [7, 11) is 0. The van der Waals surface area contributed by atoms with Gasteiger partial charge < -0.3 is 10.2 Å². The molecule has 0 radical (unpaired) electrons. The number of rotatable bonds is 14. The van der Waals surface area contributed by atoms with E-state index in [4.69, 9.17) is 0 Å². The average Bonchev–Trinajstić information content (AvgIpc) is 2.64. The molecule has 29 heavy (non-hydrogen) atoms. The van der Waals surface area contributed by atoms with Crippen molar-refractivity contribution in [3.05, 3.63) is 23.3 Å². The first kappa shape index (κ1) is 26.4. The Morgan fingerprint density at radius 3 is 2.55 bits per heavy atom. The highest BCUT2D eigenvalue weighted by molar-refractivity contribution is 5.12. The number of unbranched alkanes of at least 4 members (excludes halogenated alkanes) is 2. The Hall–Kier alpha value is -0.600. The van der Waals surface area contributed by atoms with Crippen molar-refractivity contribution in [3.63, 3.8) is 0 Å². The second-order valence-electron chi connectivity index (χ2n) is 10.4. The van der Waals surface area contributed by atoms with Crippen LogP contribution in [0.2, 0.25) is 0 Å². The lowest BCUT2D eigenvalue weighted by atomic mass is 9.78. The standard InChI is InChI=1S/C27H50O2/c1-7-8-9-17-27(6,29)18-11-14-21(2)12-10-13-22(3)15-16-25-19-23(4)24(5)26(28)20-25/h12,20,22-24,26,28-29H,7-11,13-19H2,1-6H3/b21-12+. The largest absolute Gasteiger partial charge is 0.390 e. The van der Waals surface area contributed by atoms with Crippen LogP contribution in [0, 0.1) is 17.8 Å².